The van der Waals surface area contributed by atoms with Crippen LogP contribution in [0.3, 0.4) is 0 Å². The van der Waals surface area contributed by atoms with Crippen LogP contribution in [0.4, 0.5) is 0 Å². The molecule has 0 aliphatic carbocycles. The quantitative estimate of drug-likeness (QED) is 0.303. The fourth-order valence-electron chi connectivity index (χ4n) is 3.43. The van der Waals surface area contributed by atoms with Crippen LogP contribution in [-0.2, 0) is 0 Å². The summed E-state index contributed by atoms with van der Waals surface area (Å²) in [6.45, 7) is 1.28. The number of carbonyl (C=O) groups is 1. The van der Waals surface area contributed by atoms with E-state index in [0.29, 0.717) is 17.1 Å². The number of benzene rings is 2. The highest BCUT2D eigenvalue weighted by Crippen LogP contribution is 2.33. The van der Waals surface area contributed by atoms with Gasteiger partial charge >= 0.3 is 0 Å². The fraction of sp³-hybridized carbons (Fsp3) is 0.273. The lowest BCUT2D eigenvalue weighted by Crippen LogP contribution is -2.27. The molecule has 1 heterocycles. The zero-order chi connectivity index (χ0) is 21.7. The fourth-order valence-corrected chi connectivity index (χ4v) is 3.43. The molecule has 0 unspecified atom stereocenters. The summed E-state index contributed by atoms with van der Waals surface area (Å²) < 4.78 is 12.3. The highest BCUT2D eigenvalue weighted by atomic mass is 16.6. The number of Topliss-reactive ketones (excluding diaryl/α,β-unsaturated/α-hetero) is 1. The Hall–Kier alpha value is -3.68. The summed E-state index contributed by atoms with van der Waals surface area (Å²) >= 11 is 0. The number of rotatable bonds is 9. The molecule has 0 fully saturated rings. The summed E-state index contributed by atoms with van der Waals surface area (Å²) in [7, 11) is 3.01. The molecule has 8 heteroatoms. The SMILES string of the molecule is COc1cc(OC)cc([C@@H](C[N+](=O)[O-])[C@H](C)C(=O)c2nccn2-c2ccccc2)c1. The van der Waals surface area contributed by atoms with Crippen molar-refractivity contribution in [2.45, 2.75) is 12.8 Å². The molecule has 1 aromatic heterocycles. The van der Waals surface area contributed by atoms with E-state index >= 15 is 0 Å². The Bertz CT molecular complexity index is 1010. The number of nitrogens with zero attached hydrogens (tertiary/aromatic N) is 3. The van der Waals surface area contributed by atoms with Crippen molar-refractivity contribution < 1.29 is 19.2 Å². The van der Waals surface area contributed by atoms with Crippen LogP contribution >= 0.6 is 0 Å². The van der Waals surface area contributed by atoms with E-state index in [1.807, 2.05) is 30.3 Å². The standard InChI is InChI=1S/C22H23N3O5/c1-15(21(26)22-23-9-10-24(22)17-7-5-4-6-8-17)20(14-25(27)28)16-11-18(29-2)13-19(12-16)30-3/h4-13,15,20H,14H2,1-3H3/t15-,20-/m0/s1. The molecular formula is C22H23N3O5. The minimum Gasteiger partial charge on any atom is -0.497 e. The van der Waals surface area contributed by atoms with Crippen molar-refractivity contribution in [1.29, 1.82) is 0 Å². The summed E-state index contributed by atoms with van der Waals surface area (Å²) in [6, 6.07) is 14.4. The monoisotopic (exact) mass is 409 g/mol. The number of ether oxygens (including phenoxy) is 2. The lowest BCUT2D eigenvalue weighted by Gasteiger charge is -2.21. The van der Waals surface area contributed by atoms with Crippen LogP contribution in [0, 0.1) is 16.0 Å². The Morgan fingerprint density at radius 2 is 1.77 bits per heavy atom. The van der Waals surface area contributed by atoms with Crippen molar-refractivity contribution in [3.8, 4) is 17.2 Å². The number of nitro groups is 1. The summed E-state index contributed by atoms with van der Waals surface area (Å²) in [5, 5.41) is 11.4. The molecule has 0 saturated heterocycles. The number of hydrogen-bond acceptors (Lipinski definition) is 6. The summed E-state index contributed by atoms with van der Waals surface area (Å²) in [4.78, 5) is 28.6. The molecule has 0 spiro atoms. The van der Waals surface area contributed by atoms with Gasteiger partial charge in [0.25, 0.3) is 0 Å². The third-order valence-corrected chi connectivity index (χ3v) is 5.06. The van der Waals surface area contributed by atoms with Crippen LogP contribution < -0.4 is 9.47 Å². The van der Waals surface area contributed by atoms with Crippen molar-refractivity contribution in [3.63, 3.8) is 0 Å². The van der Waals surface area contributed by atoms with Gasteiger partial charge in [-0.2, -0.15) is 0 Å². The minimum absolute atomic E-state index is 0.233. The van der Waals surface area contributed by atoms with Crippen molar-refractivity contribution in [1.82, 2.24) is 9.55 Å². The average Bonchev–Trinajstić information content (AvgIpc) is 3.26. The van der Waals surface area contributed by atoms with Crippen molar-refractivity contribution in [2.75, 3.05) is 20.8 Å². The predicted molar refractivity (Wildman–Crippen MR) is 111 cm³/mol. The maximum absolute atomic E-state index is 13.3. The molecule has 0 aliphatic rings. The maximum atomic E-state index is 13.3. The Morgan fingerprint density at radius 1 is 1.13 bits per heavy atom. The first kappa shape index (κ1) is 21.0. The molecule has 30 heavy (non-hydrogen) atoms. The summed E-state index contributed by atoms with van der Waals surface area (Å²) in [5.74, 6) is -0.421. The zero-order valence-electron chi connectivity index (χ0n) is 17.0. The third-order valence-electron chi connectivity index (χ3n) is 5.06. The van der Waals surface area contributed by atoms with Crippen LogP contribution in [0.5, 0.6) is 11.5 Å². The van der Waals surface area contributed by atoms with Gasteiger partial charge in [0.1, 0.15) is 11.5 Å². The van der Waals surface area contributed by atoms with Gasteiger partial charge in [-0.05, 0) is 29.8 Å². The minimum atomic E-state index is -0.697. The van der Waals surface area contributed by atoms with Gasteiger partial charge in [-0.3, -0.25) is 19.5 Å². The molecule has 156 valence electrons. The zero-order valence-corrected chi connectivity index (χ0v) is 17.0. The Morgan fingerprint density at radius 3 is 2.33 bits per heavy atom. The van der Waals surface area contributed by atoms with Crippen molar-refractivity contribution in [2.24, 2.45) is 5.92 Å². The van der Waals surface area contributed by atoms with E-state index in [1.54, 1.807) is 42.1 Å². The molecule has 0 bridgehead atoms. The molecule has 3 aromatic rings. The average molecular weight is 409 g/mol. The van der Waals surface area contributed by atoms with E-state index < -0.39 is 23.3 Å². The van der Waals surface area contributed by atoms with Gasteiger partial charge in [0.05, 0.1) is 20.1 Å². The molecule has 0 aliphatic heterocycles. The van der Waals surface area contributed by atoms with Gasteiger partial charge in [-0.15, -0.1) is 0 Å². The normalized spacial score (nSPS) is 12.8. The first-order valence-corrected chi connectivity index (χ1v) is 9.42. The first-order valence-electron chi connectivity index (χ1n) is 9.42. The number of carbonyl (C=O) groups excluding carboxylic acids is 1. The van der Waals surface area contributed by atoms with Gasteiger partial charge in [0.15, 0.2) is 5.82 Å². The number of methoxy groups -OCH3 is 2. The molecule has 0 N–H and O–H groups in total. The second kappa shape index (κ2) is 9.21. The van der Waals surface area contributed by atoms with E-state index in [-0.39, 0.29) is 11.6 Å². The highest BCUT2D eigenvalue weighted by molar-refractivity contribution is 5.95. The van der Waals surface area contributed by atoms with Crippen LogP contribution in [0.15, 0.2) is 60.9 Å². The smallest absolute Gasteiger partial charge is 0.211 e. The number of hydrogen-bond donors (Lipinski definition) is 0. The molecular weight excluding hydrogens is 386 g/mol. The second-order valence-electron chi connectivity index (χ2n) is 6.88. The van der Waals surface area contributed by atoms with E-state index in [2.05, 4.69) is 4.98 Å². The van der Waals surface area contributed by atoms with Crippen LogP contribution in [0.1, 0.15) is 29.0 Å². The molecule has 3 rings (SSSR count). The first-order chi connectivity index (χ1) is 14.4. The van der Waals surface area contributed by atoms with Crippen molar-refractivity contribution >= 4 is 5.78 Å². The Labute approximate surface area is 174 Å². The lowest BCUT2D eigenvalue weighted by atomic mass is 9.84. The van der Waals surface area contributed by atoms with Gasteiger partial charge in [0.2, 0.25) is 12.3 Å². The van der Waals surface area contributed by atoms with Crippen LogP contribution in [0.2, 0.25) is 0 Å². The van der Waals surface area contributed by atoms with E-state index in [9.17, 15) is 14.9 Å². The van der Waals surface area contributed by atoms with Crippen LogP contribution in [-0.4, -0.2) is 41.0 Å². The van der Waals surface area contributed by atoms with Gasteiger partial charge < -0.3 is 9.47 Å². The number of para-hydroxylation sites is 1. The number of aromatic nitrogens is 2. The Balaban J connectivity index is 1.99. The summed E-state index contributed by atoms with van der Waals surface area (Å²) in [6.07, 6.45) is 3.25. The number of imidazole rings is 1. The van der Waals surface area contributed by atoms with E-state index in [4.69, 9.17) is 9.47 Å². The lowest BCUT2D eigenvalue weighted by molar-refractivity contribution is -0.484. The third kappa shape index (κ3) is 4.48. The highest BCUT2D eigenvalue weighted by Gasteiger charge is 2.33. The van der Waals surface area contributed by atoms with Gasteiger partial charge in [0, 0.05) is 35.0 Å². The number of ketones is 1. The molecule has 2 atom stereocenters. The maximum Gasteiger partial charge on any atom is 0.211 e. The molecule has 0 radical (unpaired) electrons. The largest absolute Gasteiger partial charge is 0.497 e. The molecule has 8 nitrogen and oxygen atoms in total. The molecule has 2 aromatic carbocycles. The van der Waals surface area contributed by atoms with Gasteiger partial charge in [-0.25, -0.2) is 4.98 Å². The molecule has 0 saturated carbocycles. The van der Waals surface area contributed by atoms with Crippen LogP contribution in [0.25, 0.3) is 5.69 Å². The second-order valence-corrected chi connectivity index (χ2v) is 6.88. The topological polar surface area (TPSA) is 96.5 Å². The van der Waals surface area contributed by atoms with Gasteiger partial charge in [-0.1, -0.05) is 25.1 Å². The van der Waals surface area contributed by atoms with E-state index in [1.165, 1.54) is 14.2 Å². The Kier molecular flexibility index (Phi) is 6.46. The van der Waals surface area contributed by atoms with Crippen molar-refractivity contribution in [3.05, 3.63) is 82.4 Å². The predicted octanol–water partition coefficient (Wildman–Crippen LogP) is 3.77. The summed E-state index contributed by atoms with van der Waals surface area (Å²) in [5.41, 5.74) is 1.39. The molecule has 0 amide bonds. The van der Waals surface area contributed by atoms with E-state index in [0.717, 1.165) is 5.69 Å².